The van der Waals surface area contributed by atoms with Crippen LogP contribution in [0, 0.1) is 0 Å². The Hall–Kier alpha value is -2.19. The van der Waals surface area contributed by atoms with Crippen molar-refractivity contribution in [3.05, 3.63) is 46.2 Å². The quantitative estimate of drug-likeness (QED) is 0.772. The Balaban J connectivity index is 2.16. The first-order chi connectivity index (χ1) is 9.88. The normalized spacial score (nSPS) is 12.0. The average Bonchev–Trinajstić information content (AvgIpc) is 2.86. The molecule has 4 N–H and O–H groups in total. The largest absolute Gasteiger partial charge is 0.478 e. The van der Waals surface area contributed by atoms with Crippen molar-refractivity contribution in [3.8, 4) is 0 Å². The Morgan fingerprint density at radius 1 is 1.48 bits per heavy atom. The number of aromatic carboxylic acids is 1. The highest BCUT2D eigenvalue weighted by Crippen LogP contribution is 2.22. The molecule has 0 fully saturated rings. The number of carboxylic acid groups (broad SMARTS) is 1. The van der Waals surface area contributed by atoms with Crippen LogP contribution in [-0.4, -0.2) is 26.8 Å². The summed E-state index contributed by atoms with van der Waals surface area (Å²) in [6, 6.07) is 3.62. The molecule has 2 aromatic rings. The van der Waals surface area contributed by atoms with Crippen LogP contribution in [0.15, 0.2) is 35.1 Å². The third kappa shape index (κ3) is 3.47. The molecule has 1 aromatic heterocycles. The molecule has 0 radical (unpaired) electrons. The molecule has 8 heteroatoms. The van der Waals surface area contributed by atoms with Crippen molar-refractivity contribution in [2.45, 2.75) is 6.04 Å². The van der Waals surface area contributed by atoms with Crippen molar-refractivity contribution in [1.82, 2.24) is 9.78 Å². The lowest BCUT2D eigenvalue weighted by Crippen LogP contribution is -2.27. The maximum absolute atomic E-state index is 12.1. The first kappa shape index (κ1) is 15.2. The number of nitrogens with zero attached hydrogens (tertiary/aromatic N) is 2. The number of aryl methyl sites for hydroxylation is 1. The van der Waals surface area contributed by atoms with E-state index in [4.69, 9.17) is 10.8 Å². The van der Waals surface area contributed by atoms with E-state index in [1.165, 1.54) is 12.3 Å². The van der Waals surface area contributed by atoms with Gasteiger partial charge in [-0.05, 0) is 34.1 Å². The van der Waals surface area contributed by atoms with Gasteiger partial charge in [-0.15, -0.1) is 0 Å². The second-order valence-electron chi connectivity index (χ2n) is 4.41. The summed E-state index contributed by atoms with van der Waals surface area (Å²) in [4.78, 5) is 23.1. The van der Waals surface area contributed by atoms with Crippen LogP contribution in [0.3, 0.4) is 0 Å². The minimum atomic E-state index is -1.09. The molecular formula is C13H13BrN4O3. The highest BCUT2D eigenvalue weighted by Gasteiger charge is 2.18. The number of hydrogen-bond acceptors (Lipinski definition) is 4. The molecular weight excluding hydrogens is 340 g/mol. The second-order valence-corrected chi connectivity index (χ2v) is 5.27. The van der Waals surface area contributed by atoms with E-state index in [1.54, 1.807) is 30.1 Å². The minimum absolute atomic E-state index is 0.0581. The number of halogens is 1. The highest BCUT2D eigenvalue weighted by atomic mass is 79.9. The fraction of sp³-hybridized carbons (Fsp3) is 0.154. The first-order valence-corrected chi connectivity index (χ1v) is 6.75. The zero-order valence-corrected chi connectivity index (χ0v) is 12.7. The van der Waals surface area contributed by atoms with E-state index in [2.05, 4.69) is 26.3 Å². The summed E-state index contributed by atoms with van der Waals surface area (Å²) in [7, 11) is 1.72. The number of carbonyl (C=O) groups is 2. The molecule has 21 heavy (non-hydrogen) atoms. The molecule has 1 aromatic carbocycles. The Morgan fingerprint density at radius 3 is 2.76 bits per heavy atom. The molecule has 1 heterocycles. The fourth-order valence-corrected chi connectivity index (χ4v) is 2.16. The van der Waals surface area contributed by atoms with Crippen molar-refractivity contribution in [2.24, 2.45) is 12.8 Å². The fourth-order valence-electron chi connectivity index (χ4n) is 1.74. The minimum Gasteiger partial charge on any atom is -0.478 e. The van der Waals surface area contributed by atoms with Gasteiger partial charge in [-0.2, -0.15) is 5.10 Å². The molecule has 0 aliphatic carbocycles. The number of rotatable bonds is 4. The monoisotopic (exact) mass is 352 g/mol. The van der Waals surface area contributed by atoms with E-state index < -0.39 is 17.9 Å². The molecule has 0 aliphatic rings. The number of hydrogen-bond donors (Lipinski definition) is 3. The second kappa shape index (κ2) is 6.06. The van der Waals surface area contributed by atoms with Crippen LogP contribution >= 0.6 is 15.9 Å². The van der Waals surface area contributed by atoms with Crippen LogP contribution in [0.2, 0.25) is 0 Å². The van der Waals surface area contributed by atoms with Gasteiger partial charge in [0.2, 0.25) is 5.91 Å². The highest BCUT2D eigenvalue weighted by molar-refractivity contribution is 9.10. The molecule has 2 rings (SSSR count). The lowest BCUT2D eigenvalue weighted by Gasteiger charge is -2.11. The molecule has 1 atom stereocenters. The van der Waals surface area contributed by atoms with E-state index in [0.717, 1.165) is 0 Å². The number of nitrogens with two attached hydrogens (primary N) is 1. The molecule has 0 spiro atoms. The third-order valence-corrected chi connectivity index (χ3v) is 3.52. The number of nitrogens with one attached hydrogen (secondary N) is 1. The van der Waals surface area contributed by atoms with Gasteiger partial charge in [-0.25, -0.2) is 4.79 Å². The van der Waals surface area contributed by atoms with E-state index in [9.17, 15) is 9.59 Å². The van der Waals surface area contributed by atoms with Crippen LogP contribution in [0.1, 0.15) is 22.0 Å². The lowest BCUT2D eigenvalue weighted by atomic mass is 10.1. The van der Waals surface area contributed by atoms with Crippen LogP contribution < -0.4 is 11.1 Å². The van der Waals surface area contributed by atoms with Crippen molar-refractivity contribution < 1.29 is 14.7 Å². The number of carboxylic acids is 1. The van der Waals surface area contributed by atoms with Gasteiger partial charge in [0.05, 0.1) is 11.8 Å². The summed E-state index contributed by atoms with van der Waals surface area (Å²) in [6.07, 6.45) is 3.16. The lowest BCUT2D eigenvalue weighted by molar-refractivity contribution is -0.117. The zero-order valence-electron chi connectivity index (χ0n) is 11.1. The Kier molecular flexibility index (Phi) is 4.39. The number of carbonyl (C=O) groups excluding carboxylic acids is 1. The maximum Gasteiger partial charge on any atom is 0.336 e. The molecule has 0 aliphatic heterocycles. The van der Waals surface area contributed by atoms with E-state index in [1.807, 2.05) is 0 Å². The van der Waals surface area contributed by atoms with Crippen molar-refractivity contribution in [3.63, 3.8) is 0 Å². The zero-order chi connectivity index (χ0) is 15.6. The summed E-state index contributed by atoms with van der Waals surface area (Å²) in [5.41, 5.74) is 6.83. The van der Waals surface area contributed by atoms with Crippen LogP contribution in [0.5, 0.6) is 0 Å². The third-order valence-electron chi connectivity index (χ3n) is 2.83. The van der Waals surface area contributed by atoms with Gasteiger partial charge >= 0.3 is 5.97 Å². The number of anilines is 1. The van der Waals surface area contributed by atoms with Gasteiger partial charge in [0.15, 0.2) is 0 Å². The SMILES string of the molecule is Cn1cc(C(N)C(=O)Nc2ccc(Br)c(C(=O)O)c2)cn1. The van der Waals surface area contributed by atoms with Crippen LogP contribution in [0.4, 0.5) is 5.69 Å². The number of amides is 1. The summed E-state index contributed by atoms with van der Waals surface area (Å²) < 4.78 is 1.98. The molecule has 110 valence electrons. The molecule has 1 amide bonds. The topological polar surface area (TPSA) is 110 Å². The van der Waals surface area contributed by atoms with Gasteiger partial charge in [0, 0.05) is 29.0 Å². The average molecular weight is 353 g/mol. The molecule has 0 bridgehead atoms. The van der Waals surface area contributed by atoms with Gasteiger partial charge in [-0.3, -0.25) is 9.48 Å². The van der Waals surface area contributed by atoms with Gasteiger partial charge in [0.25, 0.3) is 0 Å². The van der Waals surface area contributed by atoms with E-state index in [0.29, 0.717) is 15.7 Å². The standard InChI is InChI=1S/C13H13BrN4O3/c1-18-6-7(5-16-18)11(15)12(19)17-8-2-3-10(14)9(4-8)13(20)21/h2-6,11H,15H2,1H3,(H,17,19)(H,20,21). The summed E-state index contributed by atoms with van der Waals surface area (Å²) in [5, 5.41) is 15.6. The molecule has 0 saturated heterocycles. The smallest absolute Gasteiger partial charge is 0.336 e. The molecule has 1 unspecified atom stereocenters. The Labute approximate surface area is 128 Å². The first-order valence-electron chi connectivity index (χ1n) is 5.96. The maximum atomic E-state index is 12.1. The molecule has 0 saturated carbocycles. The van der Waals surface area contributed by atoms with Gasteiger partial charge in [-0.1, -0.05) is 0 Å². The van der Waals surface area contributed by atoms with Gasteiger partial charge < -0.3 is 16.2 Å². The van der Waals surface area contributed by atoms with Crippen molar-refractivity contribution >= 4 is 33.5 Å². The Bertz CT molecular complexity index is 698. The van der Waals surface area contributed by atoms with E-state index in [-0.39, 0.29) is 5.56 Å². The summed E-state index contributed by atoms with van der Waals surface area (Å²) in [5.74, 6) is -1.53. The van der Waals surface area contributed by atoms with E-state index >= 15 is 0 Å². The summed E-state index contributed by atoms with van der Waals surface area (Å²) in [6.45, 7) is 0. The van der Waals surface area contributed by atoms with Gasteiger partial charge in [0.1, 0.15) is 6.04 Å². The number of aromatic nitrogens is 2. The predicted molar refractivity (Wildman–Crippen MR) is 79.9 cm³/mol. The van der Waals surface area contributed by atoms with Crippen LogP contribution in [0.25, 0.3) is 0 Å². The molecule has 7 nitrogen and oxygen atoms in total. The number of benzene rings is 1. The summed E-state index contributed by atoms with van der Waals surface area (Å²) >= 11 is 3.14. The van der Waals surface area contributed by atoms with Crippen molar-refractivity contribution in [2.75, 3.05) is 5.32 Å². The van der Waals surface area contributed by atoms with Crippen molar-refractivity contribution in [1.29, 1.82) is 0 Å². The van der Waals surface area contributed by atoms with Crippen LogP contribution in [-0.2, 0) is 11.8 Å². The predicted octanol–water partition coefficient (Wildman–Crippen LogP) is 1.52. The Morgan fingerprint density at radius 2 is 2.19 bits per heavy atom.